The maximum absolute atomic E-state index is 12.3. The summed E-state index contributed by atoms with van der Waals surface area (Å²) in [4.78, 5) is 30.0. The Morgan fingerprint density at radius 2 is 2.12 bits per heavy atom. The molecular formula is C18H20N6O. The van der Waals surface area contributed by atoms with E-state index in [9.17, 15) is 4.79 Å². The van der Waals surface area contributed by atoms with Gasteiger partial charge in [0.15, 0.2) is 0 Å². The van der Waals surface area contributed by atoms with Gasteiger partial charge in [0.2, 0.25) is 0 Å². The van der Waals surface area contributed by atoms with Crippen molar-refractivity contribution < 1.29 is 0 Å². The summed E-state index contributed by atoms with van der Waals surface area (Å²) in [5.74, 6) is 0.959. The molecule has 0 amide bonds. The molecule has 128 valence electrons. The van der Waals surface area contributed by atoms with Crippen LogP contribution in [0.4, 0.5) is 5.82 Å². The highest BCUT2D eigenvalue weighted by Crippen LogP contribution is 2.25. The monoisotopic (exact) mass is 336 g/mol. The molecule has 0 spiro atoms. The third kappa shape index (κ3) is 2.98. The smallest absolute Gasteiger partial charge is 0.258 e. The Bertz CT molecular complexity index is 981. The van der Waals surface area contributed by atoms with Crippen molar-refractivity contribution in [1.29, 1.82) is 0 Å². The Labute approximate surface area is 145 Å². The summed E-state index contributed by atoms with van der Waals surface area (Å²) < 4.78 is 1.56. The first-order valence-corrected chi connectivity index (χ1v) is 8.31. The van der Waals surface area contributed by atoms with Crippen LogP contribution in [0.2, 0.25) is 0 Å². The largest absolute Gasteiger partial charge is 0.362 e. The van der Waals surface area contributed by atoms with E-state index in [1.807, 2.05) is 37.2 Å². The predicted molar refractivity (Wildman–Crippen MR) is 95.6 cm³/mol. The fraction of sp³-hybridized carbons (Fsp3) is 0.333. The van der Waals surface area contributed by atoms with Crippen LogP contribution < -0.4 is 10.5 Å². The van der Waals surface area contributed by atoms with Crippen LogP contribution in [0.15, 0.2) is 41.6 Å². The Morgan fingerprint density at radius 1 is 1.24 bits per heavy atom. The number of hydrogen-bond acceptors (Lipinski definition) is 6. The highest BCUT2D eigenvalue weighted by atomic mass is 16.1. The second kappa shape index (κ2) is 6.25. The van der Waals surface area contributed by atoms with Gasteiger partial charge in [-0.25, -0.2) is 15.0 Å². The van der Waals surface area contributed by atoms with E-state index in [1.54, 1.807) is 23.0 Å². The van der Waals surface area contributed by atoms with Crippen molar-refractivity contribution in [3.63, 3.8) is 0 Å². The average Bonchev–Trinajstić information content (AvgIpc) is 2.61. The molecule has 3 aromatic rings. The van der Waals surface area contributed by atoms with Crippen LogP contribution in [0, 0.1) is 0 Å². The number of nitrogens with zero attached hydrogens (tertiary/aromatic N) is 6. The lowest BCUT2D eigenvalue weighted by atomic mass is 10.1. The fourth-order valence-corrected chi connectivity index (χ4v) is 3.32. The predicted octanol–water partition coefficient (Wildman–Crippen LogP) is 1.11. The first kappa shape index (κ1) is 15.7. The first-order chi connectivity index (χ1) is 12.1. The molecule has 0 saturated heterocycles. The molecule has 0 aromatic carbocycles. The molecule has 7 heteroatoms. The highest BCUT2D eigenvalue weighted by Gasteiger charge is 2.22. The Balaban J connectivity index is 1.62. The highest BCUT2D eigenvalue weighted by molar-refractivity contribution is 5.48. The van der Waals surface area contributed by atoms with Gasteiger partial charge in [-0.05, 0) is 12.1 Å². The molecule has 0 unspecified atom stereocenters. The van der Waals surface area contributed by atoms with Crippen molar-refractivity contribution in [2.24, 2.45) is 0 Å². The zero-order valence-corrected chi connectivity index (χ0v) is 14.4. The first-order valence-electron chi connectivity index (χ1n) is 8.31. The van der Waals surface area contributed by atoms with Gasteiger partial charge >= 0.3 is 0 Å². The molecule has 0 fully saturated rings. The minimum absolute atomic E-state index is 0.0460. The minimum Gasteiger partial charge on any atom is -0.362 e. The molecule has 0 atom stereocenters. The summed E-state index contributed by atoms with van der Waals surface area (Å²) >= 11 is 0. The van der Waals surface area contributed by atoms with Gasteiger partial charge in [0, 0.05) is 58.0 Å². The van der Waals surface area contributed by atoms with Crippen molar-refractivity contribution in [1.82, 2.24) is 24.3 Å². The third-order valence-corrected chi connectivity index (χ3v) is 4.49. The maximum Gasteiger partial charge on any atom is 0.258 e. The summed E-state index contributed by atoms with van der Waals surface area (Å²) in [5, 5.41) is 0. The van der Waals surface area contributed by atoms with Gasteiger partial charge in [0.1, 0.15) is 17.8 Å². The molecule has 0 saturated carbocycles. The van der Waals surface area contributed by atoms with E-state index in [1.165, 1.54) is 0 Å². The number of pyridine rings is 1. The molecule has 4 heterocycles. The van der Waals surface area contributed by atoms with Crippen LogP contribution in [0.3, 0.4) is 0 Å². The Morgan fingerprint density at radius 3 is 2.96 bits per heavy atom. The summed E-state index contributed by atoms with van der Waals surface area (Å²) in [7, 11) is 3.99. The van der Waals surface area contributed by atoms with Crippen molar-refractivity contribution in [3.8, 4) is 0 Å². The standard InChI is InChI=1S/C18H20N6O/c1-22(2)18-14-11-23(8-6-15(14)19-12-20-18)10-13-9-17(25)24-7-4-3-5-16(24)21-13/h3-5,7,9,12H,6,8,10-11H2,1-2H3. The van der Waals surface area contributed by atoms with Gasteiger partial charge in [-0.15, -0.1) is 0 Å². The third-order valence-electron chi connectivity index (χ3n) is 4.49. The number of fused-ring (bicyclic) bond motifs is 2. The van der Waals surface area contributed by atoms with E-state index in [2.05, 4.69) is 19.9 Å². The quantitative estimate of drug-likeness (QED) is 0.714. The van der Waals surface area contributed by atoms with Crippen molar-refractivity contribution in [2.45, 2.75) is 19.5 Å². The number of hydrogen-bond donors (Lipinski definition) is 0. The lowest BCUT2D eigenvalue weighted by Crippen LogP contribution is -2.33. The van der Waals surface area contributed by atoms with Crippen molar-refractivity contribution in [2.75, 3.05) is 25.5 Å². The zero-order chi connectivity index (χ0) is 17.4. The summed E-state index contributed by atoms with van der Waals surface area (Å²) in [6, 6.07) is 7.20. The van der Waals surface area contributed by atoms with Crippen LogP contribution in [0.5, 0.6) is 0 Å². The van der Waals surface area contributed by atoms with Gasteiger partial charge in [0.05, 0.1) is 11.4 Å². The summed E-state index contributed by atoms with van der Waals surface area (Å²) in [6.07, 6.45) is 4.26. The molecule has 0 bridgehead atoms. The molecule has 0 aliphatic carbocycles. The van der Waals surface area contributed by atoms with E-state index in [0.29, 0.717) is 12.2 Å². The van der Waals surface area contributed by atoms with Gasteiger partial charge in [-0.1, -0.05) is 6.07 Å². The van der Waals surface area contributed by atoms with Gasteiger partial charge in [-0.3, -0.25) is 14.1 Å². The average molecular weight is 336 g/mol. The maximum atomic E-state index is 12.3. The van der Waals surface area contributed by atoms with Gasteiger partial charge in [0.25, 0.3) is 5.56 Å². The topological polar surface area (TPSA) is 66.6 Å². The lowest BCUT2D eigenvalue weighted by molar-refractivity contribution is 0.240. The summed E-state index contributed by atoms with van der Waals surface area (Å²) in [5.41, 5.74) is 3.70. The molecule has 0 radical (unpaired) electrons. The molecule has 3 aromatic heterocycles. The summed E-state index contributed by atoms with van der Waals surface area (Å²) in [6.45, 7) is 2.30. The number of rotatable bonds is 3. The number of aromatic nitrogens is 4. The Kier molecular flexibility index (Phi) is 3.93. The SMILES string of the molecule is CN(C)c1ncnc2c1CN(Cc1cc(=O)n3ccccc3n1)CC2. The van der Waals surface area contributed by atoms with Crippen LogP contribution in [-0.4, -0.2) is 44.9 Å². The minimum atomic E-state index is -0.0460. The van der Waals surface area contributed by atoms with Gasteiger partial charge in [-0.2, -0.15) is 0 Å². The molecule has 7 nitrogen and oxygen atoms in total. The fourth-order valence-electron chi connectivity index (χ4n) is 3.32. The van der Waals surface area contributed by atoms with E-state index in [0.717, 1.165) is 42.3 Å². The van der Waals surface area contributed by atoms with Crippen LogP contribution in [0.1, 0.15) is 17.0 Å². The van der Waals surface area contributed by atoms with Crippen molar-refractivity contribution in [3.05, 3.63) is 64.1 Å². The van der Waals surface area contributed by atoms with Crippen LogP contribution in [0.25, 0.3) is 5.65 Å². The Hall–Kier alpha value is -2.80. The zero-order valence-electron chi connectivity index (χ0n) is 14.4. The van der Waals surface area contributed by atoms with E-state index in [4.69, 9.17) is 0 Å². The molecule has 25 heavy (non-hydrogen) atoms. The van der Waals surface area contributed by atoms with Crippen molar-refractivity contribution >= 4 is 11.5 Å². The molecule has 1 aliphatic heterocycles. The van der Waals surface area contributed by atoms with Gasteiger partial charge < -0.3 is 4.90 Å². The van der Waals surface area contributed by atoms with E-state index >= 15 is 0 Å². The second-order valence-corrected chi connectivity index (χ2v) is 6.49. The van der Waals surface area contributed by atoms with Crippen LogP contribution >= 0.6 is 0 Å². The van der Waals surface area contributed by atoms with E-state index < -0.39 is 0 Å². The second-order valence-electron chi connectivity index (χ2n) is 6.49. The molecular weight excluding hydrogens is 316 g/mol. The lowest BCUT2D eigenvalue weighted by Gasteiger charge is -2.30. The molecule has 0 N–H and O–H groups in total. The number of anilines is 1. The van der Waals surface area contributed by atoms with Crippen LogP contribution in [-0.2, 0) is 19.5 Å². The molecule has 4 rings (SSSR count). The normalized spacial score (nSPS) is 14.5. The molecule has 1 aliphatic rings. The van der Waals surface area contributed by atoms with E-state index in [-0.39, 0.29) is 5.56 Å².